The molecule has 0 aliphatic heterocycles. The second kappa shape index (κ2) is 5.75. The molecule has 0 amide bonds. The van der Waals surface area contributed by atoms with E-state index in [2.05, 4.69) is 0 Å². The Bertz CT molecular complexity index is 343. The average Bonchev–Trinajstić information content (AvgIpc) is 2.25. The number of carbonyl (C=O) groups excluding carboxylic acids is 1. The zero-order valence-electron chi connectivity index (χ0n) is 8.87. The molecule has 1 aromatic carbocycles. The van der Waals surface area contributed by atoms with Crippen molar-refractivity contribution in [3.05, 3.63) is 29.6 Å². The molecule has 0 spiro atoms. The molecular formula is C11H14FNOS. The van der Waals surface area contributed by atoms with Crippen LogP contribution in [0.3, 0.4) is 0 Å². The Morgan fingerprint density at radius 3 is 2.87 bits per heavy atom. The average molecular weight is 227 g/mol. The number of anilines is 1. The van der Waals surface area contributed by atoms with Crippen molar-refractivity contribution in [2.24, 2.45) is 0 Å². The van der Waals surface area contributed by atoms with Crippen LogP contribution in [0.15, 0.2) is 18.2 Å². The van der Waals surface area contributed by atoms with Crippen molar-refractivity contribution in [1.82, 2.24) is 0 Å². The number of carbonyl (C=O) groups is 1. The van der Waals surface area contributed by atoms with E-state index in [0.29, 0.717) is 12.0 Å². The van der Waals surface area contributed by atoms with Gasteiger partial charge in [-0.05, 0) is 18.4 Å². The SMILES string of the molecule is CSCCN(C)c1cccc(F)c1C=O. The molecule has 0 bridgehead atoms. The lowest BCUT2D eigenvalue weighted by Gasteiger charge is -2.20. The molecule has 0 N–H and O–H groups in total. The third kappa shape index (κ3) is 2.96. The molecule has 0 atom stereocenters. The topological polar surface area (TPSA) is 20.3 Å². The Kier molecular flexibility index (Phi) is 4.62. The quantitative estimate of drug-likeness (QED) is 0.721. The first-order valence-corrected chi connectivity index (χ1v) is 6.04. The maximum Gasteiger partial charge on any atom is 0.155 e. The van der Waals surface area contributed by atoms with Crippen LogP contribution in [0.4, 0.5) is 10.1 Å². The monoisotopic (exact) mass is 227 g/mol. The van der Waals surface area contributed by atoms with E-state index in [9.17, 15) is 9.18 Å². The zero-order chi connectivity index (χ0) is 11.3. The first kappa shape index (κ1) is 12.0. The Hall–Kier alpha value is -1.03. The summed E-state index contributed by atoms with van der Waals surface area (Å²) >= 11 is 1.72. The lowest BCUT2D eigenvalue weighted by molar-refractivity contribution is 0.112. The van der Waals surface area contributed by atoms with Gasteiger partial charge in [0.25, 0.3) is 0 Å². The van der Waals surface area contributed by atoms with Crippen LogP contribution >= 0.6 is 11.8 Å². The third-order valence-electron chi connectivity index (χ3n) is 2.19. The smallest absolute Gasteiger partial charge is 0.155 e. The third-order valence-corrected chi connectivity index (χ3v) is 2.78. The van der Waals surface area contributed by atoms with Gasteiger partial charge in [-0.2, -0.15) is 11.8 Å². The van der Waals surface area contributed by atoms with E-state index in [1.54, 1.807) is 23.9 Å². The first-order valence-electron chi connectivity index (χ1n) is 4.64. The molecule has 1 aromatic rings. The minimum absolute atomic E-state index is 0.140. The summed E-state index contributed by atoms with van der Waals surface area (Å²) in [7, 11) is 1.86. The van der Waals surface area contributed by atoms with Gasteiger partial charge in [0.1, 0.15) is 5.82 Å². The highest BCUT2D eigenvalue weighted by molar-refractivity contribution is 7.98. The molecule has 0 saturated heterocycles. The fraction of sp³-hybridized carbons (Fsp3) is 0.364. The highest BCUT2D eigenvalue weighted by Gasteiger charge is 2.10. The van der Waals surface area contributed by atoms with Crippen molar-refractivity contribution < 1.29 is 9.18 Å². The molecule has 15 heavy (non-hydrogen) atoms. The molecule has 1 rings (SSSR count). The summed E-state index contributed by atoms with van der Waals surface area (Å²) in [6.07, 6.45) is 2.58. The van der Waals surface area contributed by atoms with Gasteiger partial charge in [-0.25, -0.2) is 4.39 Å². The molecule has 0 heterocycles. The molecule has 0 fully saturated rings. The Morgan fingerprint density at radius 1 is 1.53 bits per heavy atom. The fourth-order valence-corrected chi connectivity index (χ4v) is 1.78. The van der Waals surface area contributed by atoms with Gasteiger partial charge in [-0.15, -0.1) is 0 Å². The molecule has 82 valence electrons. The largest absolute Gasteiger partial charge is 0.373 e. The Labute approximate surface area is 93.5 Å². The van der Waals surface area contributed by atoms with Gasteiger partial charge < -0.3 is 4.90 Å². The molecule has 0 aliphatic carbocycles. The van der Waals surface area contributed by atoms with Crippen LogP contribution in [0.25, 0.3) is 0 Å². The van der Waals surface area contributed by atoms with Crippen LogP contribution in [-0.4, -0.2) is 31.9 Å². The van der Waals surface area contributed by atoms with Gasteiger partial charge in [0, 0.05) is 19.3 Å². The van der Waals surface area contributed by atoms with E-state index in [0.717, 1.165) is 12.3 Å². The van der Waals surface area contributed by atoms with Gasteiger partial charge >= 0.3 is 0 Å². The van der Waals surface area contributed by atoms with Gasteiger partial charge in [-0.1, -0.05) is 6.07 Å². The van der Waals surface area contributed by atoms with E-state index in [1.165, 1.54) is 6.07 Å². The number of hydrogen-bond donors (Lipinski definition) is 0. The normalized spacial score (nSPS) is 10.1. The summed E-state index contributed by atoms with van der Waals surface area (Å²) < 4.78 is 13.3. The molecular weight excluding hydrogens is 213 g/mol. The number of halogens is 1. The van der Waals surface area contributed by atoms with E-state index in [-0.39, 0.29) is 5.56 Å². The molecule has 0 saturated carbocycles. The summed E-state index contributed by atoms with van der Waals surface area (Å²) in [5.74, 6) is 0.490. The first-order chi connectivity index (χ1) is 7.20. The summed E-state index contributed by atoms with van der Waals surface area (Å²) in [4.78, 5) is 12.6. The zero-order valence-corrected chi connectivity index (χ0v) is 9.68. The van der Waals surface area contributed by atoms with Crippen molar-refractivity contribution in [2.45, 2.75) is 0 Å². The molecule has 0 aliphatic rings. The molecule has 0 unspecified atom stereocenters. The fourth-order valence-electron chi connectivity index (χ4n) is 1.32. The standard InChI is InChI=1S/C11H14FNOS/c1-13(6-7-15-2)11-5-3-4-10(12)9(11)8-14/h3-5,8H,6-7H2,1-2H3. The maximum atomic E-state index is 13.3. The number of nitrogens with zero attached hydrogens (tertiary/aromatic N) is 1. The van der Waals surface area contributed by atoms with Crippen molar-refractivity contribution in [3.63, 3.8) is 0 Å². The molecule has 0 aromatic heterocycles. The van der Waals surface area contributed by atoms with Gasteiger partial charge in [0.2, 0.25) is 0 Å². The van der Waals surface area contributed by atoms with Gasteiger partial charge in [0.15, 0.2) is 6.29 Å². The summed E-state index contributed by atoms with van der Waals surface area (Å²) in [6.45, 7) is 0.797. The lowest BCUT2D eigenvalue weighted by atomic mass is 10.1. The molecule has 0 radical (unpaired) electrons. The van der Waals surface area contributed by atoms with Gasteiger partial charge in [0.05, 0.1) is 11.3 Å². The second-order valence-corrected chi connectivity index (χ2v) is 4.19. The van der Waals surface area contributed by atoms with Crippen molar-refractivity contribution >= 4 is 23.7 Å². The summed E-state index contributed by atoms with van der Waals surface area (Å²) in [5.41, 5.74) is 0.792. The van der Waals surface area contributed by atoms with Crippen LogP contribution in [0, 0.1) is 5.82 Å². The molecule has 4 heteroatoms. The van der Waals surface area contributed by atoms with E-state index in [1.807, 2.05) is 18.2 Å². The van der Waals surface area contributed by atoms with Crippen molar-refractivity contribution in [1.29, 1.82) is 0 Å². The minimum Gasteiger partial charge on any atom is -0.373 e. The number of thioether (sulfide) groups is 1. The Morgan fingerprint density at radius 2 is 2.27 bits per heavy atom. The number of aldehydes is 1. The maximum absolute atomic E-state index is 13.3. The second-order valence-electron chi connectivity index (χ2n) is 3.20. The predicted octanol–water partition coefficient (Wildman–Crippen LogP) is 2.44. The summed E-state index contributed by atoms with van der Waals surface area (Å²) in [6, 6.07) is 4.68. The van der Waals surface area contributed by atoms with Crippen molar-refractivity contribution in [3.8, 4) is 0 Å². The van der Waals surface area contributed by atoms with Crippen LogP contribution in [0.2, 0.25) is 0 Å². The predicted molar refractivity (Wildman–Crippen MR) is 63.4 cm³/mol. The number of rotatable bonds is 5. The van der Waals surface area contributed by atoms with E-state index in [4.69, 9.17) is 0 Å². The van der Waals surface area contributed by atoms with E-state index >= 15 is 0 Å². The van der Waals surface area contributed by atoms with Crippen LogP contribution in [0.5, 0.6) is 0 Å². The number of benzene rings is 1. The van der Waals surface area contributed by atoms with Gasteiger partial charge in [-0.3, -0.25) is 4.79 Å². The summed E-state index contributed by atoms with van der Waals surface area (Å²) in [5, 5.41) is 0. The number of hydrogen-bond acceptors (Lipinski definition) is 3. The highest BCUT2D eigenvalue weighted by atomic mass is 32.2. The van der Waals surface area contributed by atoms with Crippen molar-refractivity contribution in [2.75, 3.05) is 30.5 Å². The van der Waals surface area contributed by atoms with Crippen LogP contribution < -0.4 is 4.90 Å². The lowest BCUT2D eigenvalue weighted by Crippen LogP contribution is -2.21. The minimum atomic E-state index is -0.460. The van der Waals surface area contributed by atoms with Crippen LogP contribution in [-0.2, 0) is 0 Å². The van der Waals surface area contributed by atoms with Crippen LogP contribution in [0.1, 0.15) is 10.4 Å². The highest BCUT2D eigenvalue weighted by Crippen LogP contribution is 2.20. The van der Waals surface area contributed by atoms with E-state index < -0.39 is 5.82 Å². The molecule has 2 nitrogen and oxygen atoms in total. The Balaban J connectivity index is 2.92.